The van der Waals surface area contributed by atoms with Crippen LogP contribution in [0.15, 0.2) is 42.5 Å². The van der Waals surface area contributed by atoms with Crippen LogP contribution < -0.4 is 5.32 Å². The summed E-state index contributed by atoms with van der Waals surface area (Å²) in [5.41, 5.74) is 3.99. The van der Waals surface area contributed by atoms with Crippen molar-refractivity contribution in [1.82, 2.24) is 5.32 Å². The SMILES string of the molecule is Cc1ccc(C(=O)NCc2ccc(C(C)(C)O)cc2)cc1C. The van der Waals surface area contributed by atoms with Gasteiger partial charge in [-0.2, -0.15) is 0 Å². The van der Waals surface area contributed by atoms with Crippen molar-refractivity contribution in [2.24, 2.45) is 0 Å². The first-order valence-electron chi connectivity index (χ1n) is 7.44. The molecule has 0 heterocycles. The molecule has 0 bridgehead atoms. The van der Waals surface area contributed by atoms with Crippen molar-refractivity contribution in [2.45, 2.75) is 39.8 Å². The molecule has 2 aromatic carbocycles. The van der Waals surface area contributed by atoms with Crippen LogP contribution in [-0.4, -0.2) is 11.0 Å². The molecule has 0 radical (unpaired) electrons. The molecule has 0 aliphatic carbocycles. The van der Waals surface area contributed by atoms with Crippen LogP contribution in [0.25, 0.3) is 0 Å². The van der Waals surface area contributed by atoms with Gasteiger partial charge >= 0.3 is 0 Å². The lowest BCUT2D eigenvalue weighted by Crippen LogP contribution is -2.23. The minimum absolute atomic E-state index is 0.0744. The zero-order valence-electron chi connectivity index (χ0n) is 13.6. The summed E-state index contributed by atoms with van der Waals surface area (Å²) in [4.78, 5) is 12.2. The van der Waals surface area contributed by atoms with E-state index in [4.69, 9.17) is 0 Å². The second-order valence-electron chi connectivity index (χ2n) is 6.24. The summed E-state index contributed by atoms with van der Waals surface area (Å²) in [6.45, 7) is 8.01. The van der Waals surface area contributed by atoms with E-state index < -0.39 is 5.60 Å². The zero-order chi connectivity index (χ0) is 16.3. The van der Waals surface area contributed by atoms with Gasteiger partial charge in [-0.05, 0) is 62.1 Å². The highest BCUT2D eigenvalue weighted by Gasteiger charge is 2.15. The average molecular weight is 297 g/mol. The standard InChI is InChI=1S/C19H23NO2/c1-13-5-8-16(11-14(13)2)18(21)20-12-15-6-9-17(10-7-15)19(3,4)22/h5-11,22H,12H2,1-4H3,(H,20,21). The van der Waals surface area contributed by atoms with E-state index in [1.54, 1.807) is 13.8 Å². The van der Waals surface area contributed by atoms with E-state index in [0.717, 1.165) is 16.7 Å². The van der Waals surface area contributed by atoms with Gasteiger partial charge in [-0.15, -0.1) is 0 Å². The number of rotatable bonds is 4. The van der Waals surface area contributed by atoms with Gasteiger partial charge in [0.05, 0.1) is 5.60 Å². The van der Waals surface area contributed by atoms with Gasteiger partial charge < -0.3 is 10.4 Å². The van der Waals surface area contributed by atoms with Gasteiger partial charge in [-0.25, -0.2) is 0 Å². The van der Waals surface area contributed by atoms with Crippen molar-refractivity contribution >= 4 is 5.91 Å². The Morgan fingerprint density at radius 2 is 1.68 bits per heavy atom. The van der Waals surface area contributed by atoms with Gasteiger partial charge in [0.2, 0.25) is 0 Å². The summed E-state index contributed by atoms with van der Waals surface area (Å²) in [6, 6.07) is 13.3. The molecule has 2 N–H and O–H groups in total. The Labute approximate surface area is 132 Å². The maximum absolute atomic E-state index is 12.2. The molecule has 0 aliphatic rings. The fraction of sp³-hybridized carbons (Fsp3) is 0.316. The van der Waals surface area contributed by atoms with Crippen LogP contribution in [0.4, 0.5) is 0 Å². The van der Waals surface area contributed by atoms with Crippen molar-refractivity contribution in [3.63, 3.8) is 0 Å². The van der Waals surface area contributed by atoms with E-state index in [-0.39, 0.29) is 5.91 Å². The number of nitrogens with one attached hydrogen (secondary N) is 1. The Hall–Kier alpha value is -2.13. The van der Waals surface area contributed by atoms with Crippen LogP contribution >= 0.6 is 0 Å². The predicted octanol–water partition coefficient (Wildman–Crippen LogP) is 3.46. The number of carbonyl (C=O) groups is 1. The lowest BCUT2D eigenvalue weighted by atomic mass is 9.97. The highest BCUT2D eigenvalue weighted by atomic mass is 16.3. The van der Waals surface area contributed by atoms with Crippen molar-refractivity contribution in [2.75, 3.05) is 0 Å². The molecule has 0 saturated heterocycles. The van der Waals surface area contributed by atoms with Crippen LogP contribution in [0.2, 0.25) is 0 Å². The predicted molar refractivity (Wildman–Crippen MR) is 88.8 cm³/mol. The molecule has 2 rings (SSSR count). The molecule has 0 unspecified atom stereocenters. The zero-order valence-corrected chi connectivity index (χ0v) is 13.6. The van der Waals surface area contributed by atoms with Gasteiger partial charge in [-0.1, -0.05) is 30.3 Å². The normalized spacial score (nSPS) is 11.3. The first kappa shape index (κ1) is 16.2. The highest BCUT2D eigenvalue weighted by Crippen LogP contribution is 2.19. The van der Waals surface area contributed by atoms with Gasteiger partial charge in [0.1, 0.15) is 0 Å². The van der Waals surface area contributed by atoms with E-state index in [1.165, 1.54) is 5.56 Å². The Bertz CT molecular complexity index is 667. The van der Waals surface area contributed by atoms with Crippen LogP contribution in [0, 0.1) is 13.8 Å². The summed E-state index contributed by atoms with van der Waals surface area (Å²) in [5.74, 6) is -0.0744. The van der Waals surface area contributed by atoms with E-state index >= 15 is 0 Å². The number of aryl methyl sites for hydroxylation is 2. The smallest absolute Gasteiger partial charge is 0.251 e. The summed E-state index contributed by atoms with van der Waals surface area (Å²) >= 11 is 0. The van der Waals surface area contributed by atoms with E-state index in [9.17, 15) is 9.90 Å². The quantitative estimate of drug-likeness (QED) is 0.908. The summed E-state index contributed by atoms with van der Waals surface area (Å²) in [5, 5.41) is 12.8. The summed E-state index contributed by atoms with van der Waals surface area (Å²) < 4.78 is 0. The molecule has 0 fully saturated rings. The Morgan fingerprint density at radius 1 is 1.05 bits per heavy atom. The number of aliphatic hydroxyl groups is 1. The van der Waals surface area contributed by atoms with Gasteiger partial charge in [-0.3, -0.25) is 4.79 Å². The lowest BCUT2D eigenvalue weighted by Gasteiger charge is -2.18. The van der Waals surface area contributed by atoms with Crippen molar-refractivity contribution in [3.05, 3.63) is 70.3 Å². The lowest BCUT2D eigenvalue weighted by molar-refractivity contribution is 0.0785. The number of benzene rings is 2. The molecule has 116 valence electrons. The van der Waals surface area contributed by atoms with Crippen molar-refractivity contribution in [3.8, 4) is 0 Å². The third kappa shape index (κ3) is 3.95. The molecule has 22 heavy (non-hydrogen) atoms. The Morgan fingerprint density at radius 3 is 2.23 bits per heavy atom. The summed E-state index contributed by atoms with van der Waals surface area (Å²) in [7, 11) is 0. The molecular weight excluding hydrogens is 274 g/mol. The van der Waals surface area contributed by atoms with Crippen LogP contribution in [0.1, 0.15) is 46.5 Å². The molecule has 3 nitrogen and oxygen atoms in total. The molecule has 0 aromatic heterocycles. The van der Waals surface area contributed by atoms with Crippen molar-refractivity contribution in [1.29, 1.82) is 0 Å². The number of hydrogen-bond acceptors (Lipinski definition) is 2. The fourth-order valence-corrected chi connectivity index (χ4v) is 2.20. The molecule has 1 amide bonds. The van der Waals surface area contributed by atoms with Crippen molar-refractivity contribution < 1.29 is 9.90 Å². The highest BCUT2D eigenvalue weighted by molar-refractivity contribution is 5.94. The van der Waals surface area contributed by atoms with E-state index in [2.05, 4.69) is 5.32 Å². The Kier molecular flexibility index (Phi) is 4.67. The molecule has 0 saturated carbocycles. The first-order valence-corrected chi connectivity index (χ1v) is 7.44. The van der Waals surface area contributed by atoms with Crippen LogP contribution in [0.3, 0.4) is 0 Å². The largest absolute Gasteiger partial charge is 0.386 e. The average Bonchev–Trinajstić information content (AvgIpc) is 2.47. The van der Waals surface area contributed by atoms with Crippen LogP contribution in [0.5, 0.6) is 0 Å². The molecule has 2 aromatic rings. The maximum Gasteiger partial charge on any atom is 0.251 e. The molecular formula is C19H23NO2. The second-order valence-corrected chi connectivity index (χ2v) is 6.24. The minimum atomic E-state index is -0.846. The minimum Gasteiger partial charge on any atom is -0.386 e. The third-order valence-electron chi connectivity index (χ3n) is 3.88. The molecule has 3 heteroatoms. The first-order chi connectivity index (χ1) is 10.3. The topological polar surface area (TPSA) is 49.3 Å². The van der Waals surface area contributed by atoms with E-state index in [0.29, 0.717) is 12.1 Å². The maximum atomic E-state index is 12.2. The molecule has 0 spiro atoms. The summed E-state index contributed by atoms with van der Waals surface area (Å²) in [6.07, 6.45) is 0. The molecule has 0 aliphatic heterocycles. The van der Waals surface area contributed by atoms with Gasteiger partial charge in [0.15, 0.2) is 0 Å². The monoisotopic (exact) mass is 297 g/mol. The number of hydrogen-bond donors (Lipinski definition) is 2. The van der Waals surface area contributed by atoms with Crippen LogP contribution in [-0.2, 0) is 12.1 Å². The second kappa shape index (κ2) is 6.32. The number of amides is 1. The van der Waals surface area contributed by atoms with Gasteiger partial charge in [0.25, 0.3) is 5.91 Å². The molecule has 0 atom stereocenters. The third-order valence-corrected chi connectivity index (χ3v) is 3.88. The van der Waals surface area contributed by atoms with E-state index in [1.807, 2.05) is 56.3 Å². The van der Waals surface area contributed by atoms with Gasteiger partial charge in [0, 0.05) is 12.1 Å². The Balaban J connectivity index is 2.00. The number of carbonyl (C=O) groups excluding carboxylic acids is 1. The fourth-order valence-electron chi connectivity index (χ4n) is 2.20.